The number of methoxy groups -OCH3 is 1. The van der Waals surface area contributed by atoms with Crippen LogP contribution in [0.25, 0.3) is 0 Å². The van der Waals surface area contributed by atoms with Crippen molar-refractivity contribution in [1.82, 2.24) is 0 Å². The monoisotopic (exact) mass is 432 g/mol. The molecule has 1 aliphatic rings. The maximum atomic E-state index is 12.5. The summed E-state index contributed by atoms with van der Waals surface area (Å²) in [6, 6.07) is 21.8. The van der Waals surface area contributed by atoms with Gasteiger partial charge in [-0.2, -0.15) is 0 Å². The van der Waals surface area contributed by atoms with E-state index in [1.54, 1.807) is 25.3 Å². The molecule has 2 N–H and O–H groups in total. The van der Waals surface area contributed by atoms with Crippen molar-refractivity contribution in [3.05, 3.63) is 78.4 Å². The Kier molecular flexibility index (Phi) is 6.55. The molecule has 7 nitrogen and oxygen atoms in total. The van der Waals surface area contributed by atoms with Gasteiger partial charge < -0.3 is 24.8 Å². The molecule has 1 aliphatic heterocycles. The summed E-state index contributed by atoms with van der Waals surface area (Å²) in [4.78, 5) is 24.7. The first kappa shape index (κ1) is 21.2. The van der Waals surface area contributed by atoms with Crippen LogP contribution in [0.2, 0.25) is 0 Å². The molecule has 0 saturated heterocycles. The van der Waals surface area contributed by atoms with Crippen LogP contribution in [-0.2, 0) is 9.59 Å². The number of carbonyl (C=O) groups excluding carboxylic acids is 2. The predicted octanol–water partition coefficient (Wildman–Crippen LogP) is 4.57. The van der Waals surface area contributed by atoms with Crippen LogP contribution in [0.3, 0.4) is 0 Å². The summed E-state index contributed by atoms with van der Waals surface area (Å²) in [5.74, 6) is 1.67. The van der Waals surface area contributed by atoms with E-state index in [9.17, 15) is 9.59 Å². The van der Waals surface area contributed by atoms with Gasteiger partial charge in [0.1, 0.15) is 17.2 Å². The molecule has 7 heteroatoms. The van der Waals surface area contributed by atoms with Crippen molar-refractivity contribution in [3.63, 3.8) is 0 Å². The molecule has 0 radical (unpaired) electrons. The summed E-state index contributed by atoms with van der Waals surface area (Å²) in [7, 11) is 1.61. The van der Waals surface area contributed by atoms with Crippen molar-refractivity contribution in [2.45, 2.75) is 18.9 Å². The molecule has 1 heterocycles. The van der Waals surface area contributed by atoms with Gasteiger partial charge in [0.15, 0.2) is 0 Å². The zero-order chi connectivity index (χ0) is 22.3. The van der Waals surface area contributed by atoms with Crippen LogP contribution in [0.5, 0.6) is 17.2 Å². The van der Waals surface area contributed by atoms with Gasteiger partial charge in [0.2, 0.25) is 12.0 Å². The Morgan fingerprint density at radius 1 is 1.03 bits per heavy atom. The van der Waals surface area contributed by atoms with Gasteiger partial charge in [-0.3, -0.25) is 9.59 Å². The Morgan fingerprint density at radius 3 is 2.53 bits per heavy atom. The van der Waals surface area contributed by atoms with Crippen LogP contribution in [-0.4, -0.2) is 25.5 Å². The maximum Gasteiger partial charge on any atom is 0.270 e. The first-order valence-corrected chi connectivity index (χ1v) is 10.4. The average molecular weight is 432 g/mol. The Balaban J connectivity index is 1.27. The minimum absolute atomic E-state index is 0.131. The molecule has 3 aromatic carbocycles. The third-order valence-corrected chi connectivity index (χ3v) is 4.98. The number of ether oxygens (including phenoxy) is 3. The molecule has 0 aromatic heterocycles. The molecule has 4 rings (SSSR count). The van der Waals surface area contributed by atoms with E-state index in [1.165, 1.54) is 0 Å². The van der Waals surface area contributed by atoms with Gasteiger partial charge in [0, 0.05) is 17.7 Å². The highest BCUT2D eigenvalue weighted by atomic mass is 16.5. The topological polar surface area (TPSA) is 85.9 Å². The lowest BCUT2D eigenvalue weighted by Crippen LogP contribution is -2.30. The third kappa shape index (κ3) is 5.18. The van der Waals surface area contributed by atoms with E-state index in [-0.39, 0.29) is 11.8 Å². The van der Waals surface area contributed by atoms with Crippen molar-refractivity contribution in [1.29, 1.82) is 0 Å². The molecule has 2 amide bonds. The molecular weight excluding hydrogens is 408 g/mol. The summed E-state index contributed by atoms with van der Waals surface area (Å²) in [6.07, 6.45) is 0.183. The molecule has 0 aliphatic carbocycles. The van der Waals surface area contributed by atoms with E-state index in [0.29, 0.717) is 36.6 Å². The van der Waals surface area contributed by atoms with Crippen molar-refractivity contribution in [2.75, 3.05) is 24.4 Å². The Hall–Kier alpha value is -4.00. The minimum atomic E-state index is -0.699. The van der Waals surface area contributed by atoms with Crippen LogP contribution >= 0.6 is 0 Å². The molecular formula is C25H24N2O5. The molecule has 0 bridgehead atoms. The van der Waals surface area contributed by atoms with Crippen molar-refractivity contribution in [3.8, 4) is 17.2 Å². The number of amides is 2. The Bertz CT molecular complexity index is 1080. The number of benzene rings is 3. The van der Waals surface area contributed by atoms with E-state index in [1.807, 2.05) is 54.6 Å². The van der Waals surface area contributed by atoms with E-state index in [0.717, 1.165) is 17.1 Å². The van der Waals surface area contributed by atoms with Gasteiger partial charge in [0.25, 0.3) is 5.91 Å². The summed E-state index contributed by atoms with van der Waals surface area (Å²) >= 11 is 0. The average Bonchev–Trinajstić information content (AvgIpc) is 2.82. The molecule has 32 heavy (non-hydrogen) atoms. The second-order valence-electron chi connectivity index (χ2n) is 7.28. The fraction of sp³-hybridized carbons (Fsp3) is 0.200. The first-order chi connectivity index (χ1) is 15.6. The van der Waals surface area contributed by atoms with Gasteiger partial charge in [-0.1, -0.05) is 30.3 Å². The second kappa shape index (κ2) is 9.87. The van der Waals surface area contributed by atoms with Gasteiger partial charge in [-0.25, -0.2) is 0 Å². The lowest BCUT2D eigenvalue weighted by molar-refractivity contribution is -0.123. The molecule has 1 unspecified atom stereocenters. The standard InChI is InChI=1S/C25H24N2O5/c1-30-19-10-12-20(13-11-19)31-15-5-8-23(28)26-18-9-14-22-21(16-18)27-25(29)24(32-22)17-6-3-2-4-7-17/h2-4,6-7,9-14,16,24H,5,8,15H2,1H3,(H,26,28)(H,27,29). The predicted molar refractivity (Wildman–Crippen MR) is 121 cm³/mol. The molecule has 164 valence electrons. The fourth-order valence-electron chi connectivity index (χ4n) is 3.35. The minimum Gasteiger partial charge on any atom is -0.497 e. The third-order valence-electron chi connectivity index (χ3n) is 4.98. The fourth-order valence-corrected chi connectivity index (χ4v) is 3.35. The molecule has 0 saturated carbocycles. The van der Waals surface area contributed by atoms with Crippen molar-refractivity contribution >= 4 is 23.2 Å². The largest absolute Gasteiger partial charge is 0.497 e. The smallest absolute Gasteiger partial charge is 0.270 e. The van der Waals surface area contributed by atoms with Crippen LogP contribution in [0, 0.1) is 0 Å². The Labute approximate surface area is 186 Å². The SMILES string of the molecule is COc1ccc(OCCCC(=O)Nc2ccc3c(c2)NC(=O)C(c2ccccc2)O3)cc1. The highest BCUT2D eigenvalue weighted by Crippen LogP contribution is 2.36. The number of hydrogen-bond acceptors (Lipinski definition) is 5. The first-order valence-electron chi connectivity index (χ1n) is 10.4. The number of hydrogen-bond donors (Lipinski definition) is 2. The summed E-state index contributed by atoms with van der Waals surface area (Å²) in [5, 5.41) is 5.70. The lowest BCUT2D eigenvalue weighted by atomic mass is 10.1. The highest BCUT2D eigenvalue weighted by Gasteiger charge is 2.29. The van der Waals surface area contributed by atoms with Gasteiger partial charge in [0.05, 0.1) is 19.4 Å². The highest BCUT2D eigenvalue weighted by molar-refractivity contribution is 5.99. The van der Waals surface area contributed by atoms with Crippen molar-refractivity contribution in [2.24, 2.45) is 0 Å². The normalized spacial score (nSPS) is 14.5. The van der Waals surface area contributed by atoms with E-state index < -0.39 is 6.10 Å². The number of rotatable bonds is 8. The molecule has 0 fully saturated rings. The lowest BCUT2D eigenvalue weighted by Gasteiger charge is -2.26. The van der Waals surface area contributed by atoms with E-state index in [4.69, 9.17) is 14.2 Å². The molecule has 0 spiro atoms. The maximum absolute atomic E-state index is 12.5. The van der Waals surface area contributed by atoms with Crippen molar-refractivity contribution < 1.29 is 23.8 Å². The molecule has 3 aromatic rings. The second-order valence-corrected chi connectivity index (χ2v) is 7.28. The number of carbonyl (C=O) groups is 2. The van der Waals surface area contributed by atoms with Crippen LogP contribution in [0.4, 0.5) is 11.4 Å². The number of anilines is 2. The van der Waals surface area contributed by atoms with Crippen LogP contribution in [0.15, 0.2) is 72.8 Å². The summed E-state index contributed by atoms with van der Waals surface area (Å²) in [5.41, 5.74) is 1.90. The number of fused-ring (bicyclic) bond motifs is 1. The van der Waals surface area contributed by atoms with Gasteiger partial charge in [-0.15, -0.1) is 0 Å². The summed E-state index contributed by atoms with van der Waals surface area (Å²) < 4.78 is 16.6. The zero-order valence-corrected chi connectivity index (χ0v) is 17.7. The van der Waals surface area contributed by atoms with Crippen LogP contribution in [0.1, 0.15) is 24.5 Å². The number of nitrogens with one attached hydrogen (secondary N) is 2. The zero-order valence-electron chi connectivity index (χ0n) is 17.7. The van der Waals surface area contributed by atoms with Gasteiger partial charge >= 0.3 is 0 Å². The van der Waals surface area contributed by atoms with Gasteiger partial charge in [-0.05, 0) is 48.9 Å². The quantitative estimate of drug-likeness (QED) is 0.510. The van der Waals surface area contributed by atoms with Crippen LogP contribution < -0.4 is 24.8 Å². The summed E-state index contributed by atoms with van der Waals surface area (Å²) in [6.45, 7) is 0.425. The molecule has 1 atom stereocenters. The van der Waals surface area contributed by atoms with E-state index in [2.05, 4.69) is 10.6 Å². The Morgan fingerprint density at radius 2 is 1.78 bits per heavy atom. The van der Waals surface area contributed by atoms with E-state index >= 15 is 0 Å².